The summed E-state index contributed by atoms with van der Waals surface area (Å²) in [5, 5.41) is 8.26. The van der Waals surface area contributed by atoms with Crippen LogP contribution in [0.3, 0.4) is 0 Å². The average molecular weight is 172 g/mol. The van der Waals surface area contributed by atoms with E-state index in [0.717, 1.165) is 19.3 Å². The van der Waals surface area contributed by atoms with Crippen molar-refractivity contribution in [3.05, 3.63) is 12.7 Å². The first-order valence-electron chi connectivity index (χ1n) is 5.05. The Morgan fingerprint density at radius 3 is 1.92 bits per heavy atom. The van der Waals surface area contributed by atoms with Crippen LogP contribution >= 0.6 is 0 Å². The summed E-state index contributed by atoms with van der Waals surface area (Å²) in [5.74, 6) is 0. The lowest BCUT2D eigenvalue weighted by atomic mass is 10.2. The molecule has 0 saturated heterocycles. The molecule has 74 valence electrons. The molecule has 0 aliphatic rings. The zero-order valence-corrected chi connectivity index (χ0v) is 8.68. The highest BCUT2D eigenvalue weighted by Gasteiger charge is 1.78. The third-order valence-electron chi connectivity index (χ3n) is 1.52. The van der Waals surface area contributed by atoms with E-state index in [1.165, 1.54) is 19.3 Å². The fraction of sp³-hybridized carbons (Fsp3) is 0.818. The van der Waals surface area contributed by atoms with Gasteiger partial charge in [-0.05, 0) is 19.3 Å². The van der Waals surface area contributed by atoms with Crippen molar-refractivity contribution in [3.8, 4) is 0 Å². The maximum atomic E-state index is 8.26. The molecule has 0 aliphatic heterocycles. The maximum Gasteiger partial charge on any atom is 0.0431 e. The molecule has 12 heavy (non-hydrogen) atoms. The van der Waals surface area contributed by atoms with E-state index < -0.39 is 0 Å². The Kier molecular flexibility index (Phi) is 20.1. The Morgan fingerprint density at radius 2 is 1.67 bits per heavy atom. The normalized spacial score (nSPS) is 8.58. The quantitative estimate of drug-likeness (QED) is 0.480. The molecule has 0 unspecified atom stereocenters. The van der Waals surface area contributed by atoms with Crippen molar-refractivity contribution in [2.45, 2.75) is 52.4 Å². The minimum atomic E-state index is 0.313. The molecule has 0 bridgehead atoms. The fourth-order valence-electron chi connectivity index (χ4n) is 0.754. The van der Waals surface area contributed by atoms with Crippen LogP contribution in [0.5, 0.6) is 0 Å². The van der Waals surface area contributed by atoms with Crippen molar-refractivity contribution in [2.75, 3.05) is 6.61 Å². The van der Waals surface area contributed by atoms with E-state index >= 15 is 0 Å². The zero-order valence-electron chi connectivity index (χ0n) is 8.68. The molecular weight excluding hydrogens is 148 g/mol. The van der Waals surface area contributed by atoms with Crippen LogP contribution in [0.15, 0.2) is 12.7 Å². The van der Waals surface area contributed by atoms with Gasteiger partial charge < -0.3 is 5.11 Å². The summed E-state index contributed by atoms with van der Waals surface area (Å²) in [7, 11) is 0. The first kappa shape index (κ1) is 14.2. The molecule has 0 aliphatic carbocycles. The summed E-state index contributed by atoms with van der Waals surface area (Å²) in [6, 6.07) is 0. The molecule has 0 heterocycles. The summed E-state index contributed by atoms with van der Waals surface area (Å²) < 4.78 is 0. The van der Waals surface area contributed by atoms with Crippen LogP contribution in [0.2, 0.25) is 0 Å². The van der Waals surface area contributed by atoms with Crippen molar-refractivity contribution < 1.29 is 5.11 Å². The van der Waals surface area contributed by atoms with Crippen LogP contribution < -0.4 is 0 Å². The van der Waals surface area contributed by atoms with Crippen molar-refractivity contribution in [3.63, 3.8) is 0 Å². The second kappa shape index (κ2) is 17.0. The van der Waals surface area contributed by atoms with Gasteiger partial charge >= 0.3 is 0 Å². The number of hydrogen-bond donors (Lipinski definition) is 1. The first-order chi connectivity index (χ1) is 5.83. The standard InChI is InChI=1S/C6H12O.C5H12/c1-2-3-4-5-6-7;1-3-5-4-2/h2,7H,1,3-6H2;3-5H2,1-2H3. The topological polar surface area (TPSA) is 20.2 Å². The van der Waals surface area contributed by atoms with E-state index in [4.69, 9.17) is 5.11 Å². The molecule has 0 rings (SSSR count). The fourth-order valence-corrected chi connectivity index (χ4v) is 0.754. The summed E-state index contributed by atoms with van der Waals surface area (Å²) >= 11 is 0. The van der Waals surface area contributed by atoms with Gasteiger partial charge in [0.1, 0.15) is 0 Å². The second-order valence-electron chi connectivity index (χ2n) is 2.86. The minimum absolute atomic E-state index is 0.313. The van der Waals surface area contributed by atoms with E-state index in [1.54, 1.807) is 0 Å². The van der Waals surface area contributed by atoms with E-state index in [9.17, 15) is 0 Å². The van der Waals surface area contributed by atoms with Crippen molar-refractivity contribution in [2.24, 2.45) is 0 Å². The summed E-state index contributed by atoms with van der Waals surface area (Å²) in [5.41, 5.74) is 0. The van der Waals surface area contributed by atoms with Gasteiger partial charge in [0, 0.05) is 6.61 Å². The van der Waals surface area contributed by atoms with Crippen LogP contribution in [0.1, 0.15) is 52.4 Å². The van der Waals surface area contributed by atoms with Crippen molar-refractivity contribution >= 4 is 0 Å². The molecule has 0 aromatic carbocycles. The predicted molar refractivity (Wildman–Crippen MR) is 56.3 cm³/mol. The van der Waals surface area contributed by atoms with Crippen LogP contribution in [0, 0.1) is 0 Å². The molecule has 0 aromatic rings. The Labute approximate surface area is 77.5 Å². The van der Waals surface area contributed by atoms with Gasteiger partial charge in [-0.15, -0.1) is 6.58 Å². The monoisotopic (exact) mass is 172 g/mol. The summed E-state index contributed by atoms with van der Waals surface area (Å²) in [4.78, 5) is 0. The van der Waals surface area contributed by atoms with Crippen LogP contribution in [-0.2, 0) is 0 Å². The van der Waals surface area contributed by atoms with Gasteiger partial charge in [0.05, 0.1) is 0 Å². The van der Waals surface area contributed by atoms with Gasteiger partial charge in [0.2, 0.25) is 0 Å². The highest BCUT2D eigenvalue weighted by Crippen LogP contribution is 1.92. The third kappa shape index (κ3) is 22.6. The van der Waals surface area contributed by atoms with Gasteiger partial charge in [-0.25, -0.2) is 0 Å². The molecule has 1 heteroatoms. The molecule has 0 saturated carbocycles. The number of rotatable bonds is 6. The second-order valence-corrected chi connectivity index (χ2v) is 2.86. The average Bonchev–Trinajstić information content (AvgIpc) is 2.08. The van der Waals surface area contributed by atoms with E-state index in [1.807, 2.05) is 6.08 Å². The highest BCUT2D eigenvalue weighted by molar-refractivity contribution is 4.64. The van der Waals surface area contributed by atoms with Crippen molar-refractivity contribution in [1.29, 1.82) is 0 Å². The Hall–Kier alpha value is -0.300. The molecule has 0 amide bonds. The number of unbranched alkanes of at least 4 members (excludes halogenated alkanes) is 4. The largest absolute Gasteiger partial charge is 0.396 e. The zero-order chi connectivity index (χ0) is 9.66. The molecule has 1 N–H and O–H groups in total. The molecule has 0 atom stereocenters. The molecule has 1 nitrogen and oxygen atoms in total. The molecule has 0 spiro atoms. The SMILES string of the molecule is C=CCCCCO.CCCCC. The van der Waals surface area contributed by atoms with Gasteiger partial charge in [0.15, 0.2) is 0 Å². The lowest BCUT2D eigenvalue weighted by Gasteiger charge is -1.87. The minimum Gasteiger partial charge on any atom is -0.396 e. The van der Waals surface area contributed by atoms with Crippen LogP contribution in [0.25, 0.3) is 0 Å². The number of aliphatic hydroxyl groups excluding tert-OH is 1. The Morgan fingerprint density at radius 1 is 1.08 bits per heavy atom. The van der Waals surface area contributed by atoms with Gasteiger partial charge in [0.25, 0.3) is 0 Å². The van der Waals surface area contributed by atoms with Gasteiger partial charge in [-0.3, -0.25) is 0 Å². The van der Waals surface area contributed by atoms with Crippen LogP contribution in [-0.4, -0.2) is 11.7 Å². The number of aliphatic hydroxyl groups is 1. The van der Waals surface area contributed by atoms with Gasteiger partial charge in [-0.1, -0.05) is 39.2 Å². The summed E-state index contributed by atoms with van der Waals surface area (Å²) in [6.07, 6.45) is 8.95. The van der Waals surface area contributed by atoms with Crippen LogP contribution in [0.4, 0.5) is 0 Å². The lowest BCUT2D eigenvalue weighted by molar-refractivity contribution is 0.285. The van der Waals surface area contributed by atoms with E-state index in [2.05, 4.69) is 20.4 Å². The third-order valence-corrected chi connectivity index (χ3v) is 1.52. The predicted octanol–water partition coefficient (Wildman–Crippen LogP) is 3.53. The van der Waals surface area contributed by atoms with E-state index in [-0.39, 0.29) is 0 Å². The highest BCUT2D eigenvalue weighted by atomic mass is 16.2. The molecule has 0 aromatic heterocycles. The van der Waals surface area contributed by atoms with E-state index in [0.29, 0.717) is 6.61 Å². The molecule has 0 fully saturated rings. The number of allylic oxidation sites excluding steroid dienone is 1. The summed E-state index contributed by atoms with van der Waals surface area (Å²) in [6.45, 7) is 8.29. The number of hydrogen-bond acceptors (Lipinski definition) is 1. The van der Waals surface area contributed by atoms with Crippen molar-refractivity contribution in [1.82, 2.24) is 0 Å². The molecular formula is C11H24O. The molecule has 0 radical (unpaired) electrons. The smallest absolute Gasteiger partial charge is 0.0431 e. The Balaban J connectivity index is 0. The Bertz CT molecular complexity index is 67.4. The maximum absolute atomic E-state index is 8.26. The lowest BCUT2D eigenvalue weighted by Crippen LogP contribution is -1.79. The first-order valence-corrected chi connectivity index (χ1v) is 5.05. The van der Waals surface area contributed by atoms with Gasteiger partial charge in [-0.2, -0.15) is 0 Å².